The van der Waals surface area contributed by atoms with Crippen molar-refractivity contribution in [2.45, 2.75) is 0 Å². The average molecular weight is 417 g/mol. The lowest BCUT2D eigenvalue weighted by Crippen LogP contribution is -2.02. The molecule has 1 rings (SSSR count). The van der Waals surface area contributed by atoms with Crippen molar-refractivity contribution in [3.05, 3.63) is 31.4 Å². The van der Waals surface area contributed by atoms with Crippen LogP contribution in [0.15, 0.2) is 24.3 Å². The van der Waals surface area contributed by atoms with Gasteiger partial charge in [-0.1, -0.05) is 12.1 Å². The van der Waals surface area contributed by atoms with Gasteiger partial charge in [0.2, 0.25) is 0 Å². The van der Waals surface area contributed by atoms with Crippen LogP contribution in [0.25, 0.3) is 0 Å². The summed E-state index contributed by atoms with van der Waals surface area (Å²) in [4.78, 5) is 0. The van der Waals surface area contributed by atoms with E-state index in [1.165, 1.54) is 7.14 Å². The smallest absolute Gasteiger partial charge is 0.418 e. The molecule has 0 aliphatic rings. The summed E-state index contributed by atoms with van der Waals surface area (Å²) >= 11 is 4.63. The van der Waals surface area contributed by atoms with Crippen LogP contribution < -0.4 is 0 Å². The Hall–Kier alpha value is 0.465. The summed E-state index contributed by atoms with van der Waals surface area (Å²) in [5, 5.41) is 0. The minimum absolute atomic E-state index is 1.32. The highest BCUT2D eigenvalue weighted by Gasteiger charge is 2.20. The second kappa shape index (κ2) is 6.04. The molecule has 0 nitrogen and oxygen atoms in total. The summed E-state index contributed by atoms with van der Waals surface area (Å²) in [7, 11) is -6.00. The molecule has 0 fully saturated rings. The Balaban J connectivity index is 0.000000252. The van der Waals surface area contributed by atoms with Gasteiger partial charge in [-0.25, -0.2) is 0 Å². The first-order valence-electron chi connectivity index (χ1n) is 3.08. The van der Waals surface area contributed by atoms with Crippen molar-refractivity contribution in [1.82, 2.24) is 0 Å². The number of hydrogen-bond donors (Lipinski definition) is 0. The standard InChI is InChI=1S/C6H4I2.BF4/c7-5-3-1-2-4-6(5)8;2-1(3,4)5/h1-4H;/q;-1. The Labute approximate surface area is 100 Å². The van der Waals surface area contributed by atoms with Crippen LogP contribution in [-0.2, 0) is 0 Å². The van der Waals surface area contributed by atoms with Crippen LogP contribution in [0, 0.1) is 7.14 Å². The molecule has 0 spiro atoms. The quantitative estimate of drug-likeness (QED) is 0.338. The molecule has 7 heteroatoms. The first-order chi connectivity index (χ1) is 5.80. The van der Waals surface area contributed by atoms with Gasteiger partial charge in [0, 0.05) is 7.14 Å². The zero-order valence-electron chi connectivity index (χ0n) is 6.15. The monoisotopic (exact) mass is 417 g/mol. The van der Waals surface area contributed by atoms with Crippen molar-refractivity contribution in [3.63, 3.8) is 0 Å². The molecule has 0 saturated carbocycles. The van der Waals surface area contributed by atoms with Crippen molar-refractivity contribution >= 4 is 52.4 Å². The van der Waals surface area contributed by atoms with Gasteiger partial charge >= 0.3 is 7.25 Å². The number of halogens is 6. The van der Waals surface area contributed by atoms with Crippen LogP contribution in [-0.4, -0.2) is 7.25 Å². The van der Waals surface area contributed by atoms with Gasteiger partial charge in [0.05, 0.1) is 0 Å². The minimum Gasteiger partial charge on any atom is -0.418 e. The van der Waals surface area contributed by atoms with Gasteiger partial charge in [0.25, 0.3) is 0 Å². The van der Waals surface area contributed by atoms with Crippen molar-refractivity contribution in [2.75, 3.05) is 0 Å². The van der Waals surface area contributed by atoms with Crippen LogP contribution in [0.3, 0.4) is 0 Å². The number of hydrogen-bond acceptors (Lipinski definition) is 0. The molecule has 0 unspecified atom stereocenters. The lowest BCUT2D eigenvalue weighted by molar-refractivity contribution is 0.368. The van der Waals surface area contributed by atoms with Crippen LogP contribution in [0.5, 0.6) is 0 Å². The van der Waals surface area contributed by atoms with Crippen LogP contribution in [0.4, 0.5) is 17.3 Å². The van der Waals surface area contributed by atoms with E-state index in [1.807, 2.05) is 12.1 Å². The molecule has 0 N–H and O–H groups in total. The van der Waals surface area contributed by atoms with E-state index in [4.69, 9.17) is 0 Å². The Kier molecular flexibility index (Phi) is 6.26. The van der Waals surface area contributed by atoms with Gasteiger partial charge in [-0.15, -0.1) is 0 Å². The van der Waals surface area contributed by atoms with Crippen LogP contribution in [0.1, 0.15) is 0 Å². The fraction of sp³-hybridized carbons (Fsp3) is 0. The van der Waals surface area contributed by atoms with Gasteiger partial charge in [0.1, 0.15) is 0 Å². The zero-order valence-corrected chi connectivity index (χ0v) is 10.5. The molecule has 0 aliphatic carbocycles. The van der Waals surface area contributed by atoms with Crippen LogP contribution >= 0.6 is 45.2 Å². The predicted octanol–water partition coefficient (Wildman–Crippen LogP) is 4.20. The molecule has 0 atom stereocenters. The molecule has 0 amide bonds. The zero-order chi connectivity index (χ0) is 10.5. The second-order valence-corrected chi connectivity index (χ2v) is 4.23. The van der Waals surface area contributed by atoms with Crippen molar-refractivity contribution in [3.8, 4) is 0 Å². The van der Waals surface area contributed by atoms with Gasteiger partial charge < -0.3 is 17.3 Å². The largest absolute Gasteiger partial charge is 0.673 e. The summed E-state index contributed by atoms with van der Waals surface area (Å²) in [6, 6.07) is 8.29. The Morgan fingerprint density at radius 2 is 1.08 bits per heavy atom. The van der Waals surface area contributed by atoms with Gasteiger partial charge in [-0.3, -0.25) is 0 Å². The van der Waals surface area contributed by atoms with E-state index in [1.54, 1.807) is 0 Å². The lowest BCUT2D eigenvalue weighted by Gasteiger charge is -1.94. The number of benzene rings is 1. The molecule has 0 heterocycles. The fourth-order valence-corrected chi connectivity index (χ4v) is 1.21. The van der Waals surface area contributed by atoms with Gasteiger partial charge in [-0.2, -0.15) is 0 Å². The third kappa shape index (κ3) is 10.4. The van der Waals surface area contributed by atoms with Crippen LogP contribution in [0.2, 0.25) is 0 Å². The Bertz CT molecular complexity index is 236. The van der Waals surface area contributed by atoms with E-state index < -0.39 is 7.25 Å². The molecule has 0 aliphatic heterocycles. The van der Waals surface area contributed by atoms with E-state index in [-0.39, 0.29) is 0 Å². The first-order valence-corrected chi connectivity index (χ1v) is 5.24. The molecule has 13 heavy (non-hydrogen) atoms. The maximum absolute atomic E-state index is 9.75. The van der Waals surface area contributed by atoms with E-state index in [0.717, 1.165) is 0 Å². The molecular weight excluding hydrogens is 413 g/mol. The second-order valence-electron chi connectivity index (χ2n) is 1.91. The highest BCUT2D eigenvalue weighted by molar-refractivity contribution is 14.1. The maximum Gasteiger partial charge on any atom is 0.673 e. The highest BCUT2D eigenvalue weighted by atomic mass is 127. The molecular formula is C6H4BF4I2-. The average Bonchev–Trinajstić information content (AvgIpc) is 1.92. The van der Waals surface area contributed by atoms with E-state index in [2.05, 4.69) is 57.3 Å². The molecule has 74 valence electrons. The topological polar surface area (TPSA) is 0 Å². The molecule has 0 bridgehead atoms. The third-order valence-electron chi connectivity index (χ3n) is 0.824. The normalized spacial score (nSPS) is 10.3. The summed E-state index contributed by atoms with van der Waals surface area (Å²) in [6.07, 6.45) is 0. The van der Waals surface area contributed by atoms with Crippen molar-refractivity contribution < 1.29 is 17.3 Å². The molecule has 1 aromatic carbocycles. The van der Waals surface area contributed by atoms with E-state index in [0.29, 0.717) is 0 Å². The lowest BCUT2D eigenvalue weighted by atomic mass is 10.3. The van der Waals surface area contributed by atoms with Gasteiger partial charge in [0.15, 0.2) is 0 Å². The molecule has 1 aromatic rings. The number of rotatable bonds is 0. The van der Waals surface area contributed by atoms with Crippen molar-refractivity contribution in [1.29, 1.82) is 0 Å². The summed E-state index contributed by atoms with van der Waals surface area (Å²) in [5.74, 6) is 0. The first kappa shape index (κ1) is 13.5. The molecule has 0 radical (unpaired) electrons. The van der Waals surface area contributed by atoms with Gasteiger partial charge in [-0.05, 0) is 57.3 Å². The highest BCUT2D eigenvalue weighted by Crippen LogP contribution is 2.12. The van der Waals surface area contributed by atoms with E-state index in [9.17, 15) is 17.3 Å². The Morgan fingerprint density at radius 1 is 0.846 bits per heavy atom. The summed E-state index contributed by atoms with van der Waals surface area (Å²) < 4.78 is 41.6. The fourth-order valence-electron chi connectivity index (χ4n) is 0.439. The third-order valence-corrected chi connectivity index (χ3v) is 3.74. The van der Waals surface area contributed by atoms with Crippen molar-refractivity contribution in [2.24, 2.45) is 0 Å². The minimum atomic E-state index is -6.00. The molecule has 0 saturated heterocycles. The van der Waals surface area contributed by atoms with E-state index >= 15 is 0 Å². The summed E-state index contributed by atoms with van der Waals surface area (Å²) in [5.41, 5.74) is 0. The maximum atomic E-state index is 9.75. The summed E-state index contributed by atoms with van der Waals surface area (Å²) in [6.45, 7) is 0. The SMILES string of the molecule is F[B-](F)(F)F.Ic1ccccc1I. The molecule has 0 aromatic heterocycles. The predicted molar refractivity (Wildman–Crippen MR) is 62.1 cm³/mol. The Morgan fingerprint density at radius 3 is 1.23 bits per heavy atom.